The highest BCUT2D eigenvalue weighted by Gasteiger charge is 2.28. The van der Waals surface area contributed by atoms with Gasteiger partial charge in [0.2, 0.25) is 11.8 Å². The zero-order valence-electron chi connectivity index (χ0n) is 17.5. The maximum Gasteiger partial charge on any atom is 0.228 e. The number of hydrogen-bond acceptors (Lipinski definition) is 4. The molecular formula is C23H27FN4O2. The summed E-state index contributed by atoms with van der Waals surface area (Å²) in [6, 6.07) is 7.19. The Balaban J connectivity index is 1.82. The number of hydrogen-bond donors (Lipinski definition) is 2. The molecule has 6 nitrogen and oxygen atoms in total. The number of aryl methyl sites for hydroxylation is 1. The van der Waals surface area contributed by atoms with Crippen molar-refractivity contribution in [1.82, 2.24) is 10.3 Å². The van der Waals surface area contributed by atoms with E-state index in [1.165, 1.54) is 6.92 Å². The molecule has 3 rings (SSSR count). The van der Waals surface area contributed by atoms with E-state index in [1.54, 1.807) is 19.3 Å². The number of nitrogens with zero attached hydrogens (tertiary/aromatic N) is 2. The second kappa shape index (κ2) is 9.61. The first-order valence-corrected chi connectivity index (χ1v) is 10.1. The molecule has 2 amide bonds. The quantitative estimate of drug-likeness (QED) is 0.734. The van der Waals surface area contributed by atoms with Crippen LogP contribution >= 0.6 is 0 Å². The van der Waals surface area contributed by atoms with Crippen LogP contribution < -0.4 is 10.6 Å². The van der Waals surface area contributed by atoms with Crippen LogP contribution in [0.4, 0.5) is 10.2 Å². The van der Waals surface area contributed by atoms with E-state index in [4.69, 9.17) is 0 Å². The average Bonchev–Trinajstić information content (AvgIpc) is 2.71. The van der Waals surface area contributed by atoms with Crippen molar-refractivity contribution < 1.29 is 14.0 Å². The van der Waals surface area contributed by atoms with Gasteiger partial charge in [-0.3, -0.25) is 14.6 Å². The molecule has 1 aromatic carbocycles. The minimum Gasteiger partial charge on any atom is -0.354 e. The molecule has 30 heavy (non-hydrogen) atoms. The zero-order chi connectivity index (χ0) is 21.7. The maximum absolute atomic E-state index is 14.6. The number of carbonyl (C=O) groups excluding carboxylic acids is 2. The molecule has 7 heteroatoms. The number of aromatic nitrogens is 1. The minimum absolute atomic E-state index is 0.00641. The molecule has 0 spiro atoms. The highest BCUT2D eigenvalue weighted by molar-refractivity contribution is 5.94. The van der Waals surface area contributed by atoms with Crippen LogP contribution in [0.1, 0.15) is 43.7 Å². The van der Waals surface area contributed by atoms with Crippen LogP contribution in [-0.2, 0) is 9.59 Å². The first-order chi connectivity index (χ1) is 14.4. The summed E-state index contributed by atoms with van der Waals surface area (Å²) in [6.45, 7) is 3.42. The van der Waals surface area contributed by atoms with Gasteiger partial charge in [-0.2, -0.15) is 0 Å². The Morgan fingerprint density at radius 2 is 2.07 bits per heavy atom. The van der Waals surface area contributed by atoms with Gasteiger partial charge in [0, 0.05) is 43.3 Å². The molecule has 1 aliphatic carbocycles. The van der Waals surface area contributed by atoms with Crippen LogP contribution in [0.15, 0.2) is 35.5 Å². The maximum atomic E-state index is 14.6. The summed E-state index contributed by atoms with van der Waals surface area (Å²) in [4.78, 5) is 32.2. The lowest BCUT2D eigenvalue weighted by molar-refractivity contribution is -0.123. The van der Waals surface area contributed by atoms with Gasteiger partial charge in [-0.05, 0) is 43.4 Å². The number of anilines is 1. The molecule has 0 saturated heterocycles. The van der Waals surface area contributed by atoms with E-state index in [2.05, 4.69) is 20.6 Å². The molecular weight excluding hydrogens is 383 g/mol. The smallest absolute Gasteiger partial charge is 0.228 e. The fraction of sp³-hybridized carbons (Fsp3) is 0.391. The third-order valence-corrected chi connectivity index (χ3v) is 5.43. The Bertz CT molecular complexity index is 974. The second-order valence-electron chi connectivity index (χ2n) is 7.72. The average molecular weight is 410 g/mol. The van der Waals surface area contributed by atoms with Crippen molar-refractivity contribution in [2.45, 2.75) is 45.6 Å². The van der Waals surface area contributed by atoms with Gasteiger partial charge in [-0.15, -0.1) is 0 Å². The van der Waals surface area contributed by atoms with Crippen LogP contribution in [-0.4, -0.2) is 36.1 Å². The molecule has 0 aliphatic heterocycles. The van der Waals surface area contributed by atoms with Crippen LogP contribution in [0.5, 0.6) is 0 Å². The van der Waals surface area contributed by atoms with E-state index in [-0.39, 0.29) is 23.8 Å². The van der Waals surface area contributed by atoms with E-state index in [0.717, 1.165) is 36.6 Å². The first kappa shape index (κ1) is 21.6. The summed E-state index contributed by atoms with van der Waals surface area (Å²) in [6.07, 6.45) is 5.92. The van der Waals surface area contributed by atoms with Crippen LogP contribution in [0.25, 0.3) is 11.1 Å². The third kappa shape index (κ3) is 5.09. The number of rotatable bonds is 5. The van der Waals surface area contributed by atoms with Crippen molar-refractivity contribution >= 4 is 23.8 Å². The van der Waals surface area contributed by atoms with E-state index in [0.29, 0.717) is 23.4 Å². The predicted molar refractivity (Wildman–Crippen MR) is 116 cm³/mol. The van der Waals surface area contributed by atoms with Crippen LogP contribution in [0.2, 0.25) is 0 Å². The summed E-state index contributed by atoms with van der Waals surface area (Å²) in [5.41, 5.74) is 2.86. The van der Waals surface area contributed by atoms with Crippen molar-refractivity contribution in [2.75, 3.05) is 12.4 Å². The number of amides is 2. The fourth-order valence-electron chi connectivity index (χ4n) is 4.00. The third-order valence-electron chi connectivity index (χ3n) is 5.43. The Morgan fingerprint density at radius 1 is 1.27 bits per heavy atom. The number of benzene rings is 1. The number of pyridine rings is 1. The molecule has 1 aliphatic rings. The summed E-state index contributed by atoms with van der Waals surface area (Å²) < 4.78 is 14.6. The molecule has 0 unspecified atom stereocenters. The number of halogens is 1. The number of nitrogens with one attached hydrogen (secondary N) is 2. The molecule has 1 fully saturated rings. The van der Waals surface area contributed by atoms with E-state index >= 15 is 0 Å². The Hall–Kier alpha value is -3.09. The molecule has 0 bridgehead atoms. The molecule has 1 heterocycles. The lowest BCUT2D eigenvalue weighted by atomic mass is 9.85. The summed E-state index contributed by atoms with van der Waals surface area (Å²) in [7, 11) is 1.67. The van der Waals surface area contributed by atoms with Gasteiger partial charge >= 0.3 is 0 Å². The highest BCUT2D eigenvalue weighted by Crippen LogP contribution is 2.30. The van der Waals surface area contributed by atoms with Crippen molar-refractivity contribution in [3.8, 4) is 11.1 Å². The lowest BCUT2D eigenvalue weighted by Crippen LogP contribution is -2.40. The topological polar surface area (TPSA) is 83.5 Å². The number of aliphatic imine (C=N–C) groups is 1. The molecule has 0 radical (unpaired) electrons. The van der Waals surface area contributed by atoms with Gasteiger partial charge in [0.1, 0.15) is 11.6 Å². The predicted octanol–water partition coefficient (Wildman–Crippen LogP) is 3.88. The molecule has 158 valence electrons. The number of carbonyl (C=O) groups is 2. The molecule has 1 aromatic heterocycles. The van der Waals surface area contributed by atoms with Gasteiger partial charge in [0.25, 0.3) is 0 Å². The first-order valence-electron chi connectivity index (χ1n) is 10.1. The van der Waals surface area contributed by atoms with Gasteiger partial charge in [0.05, 0.1) is 6.20 Å². The molecule has 2 atom stereocenters. The van der Waals surface area contributed by atoms with Crippen molar-refractivity contribution in [2.24, 2.45) is 10.9 Å². The molecule has 2 N–H and O–H groups in total. The SMILES string of the molecule is C/N=C\c1c(C)cccc1-c1cc(NC(=O)[C@H]2CCC[C@@H](NC(C)=O)C2)ncc1F. The zero-order valence-corrected chi connectivity index (χ0v) is 17.5. The largest absolute Gasteiger partial charge is 0.354 e. The Labute approximate surface area is 176 Å². The summed E-state index contributed by atoms with van der Waals surface area (Å²) in [5.74, 6) is -0.621. The van der Waals surface area contributed by atoms with Crippen molar-refractivity contribution in [3.63, 3.8) is 0 Å². The van der Waals surface area contributed by atoms with E-state index < -0.39 is 5.82 Å². The van der Waals surface area contributed by atoms with Crippen molar-refractivity contribution in [3.05, 3.63) is 47.4 Å². The highest BCUT2D eigenvalue weighted by atomic mass is 19.1. The minimum atomic E-state index is -0.465. The summed E-state index contributed by atoms with van der Waals surface area (Å²) >= 11 is 0. The van der Waals surface area contributed by atoms with Gasteiger partial charge in [-0.1, -0.05) is 24.6 Å². The van der Waals surface area contributed by atoms with Gasteiger partial charge in [-0.25, -0.2) is 9.37 Å². The second-order valence-corrected chi connectivity index (χ2v) is 7.72. The van der Waals surface area contributed by atoms with Crippen LogP contribution in [0, 0.1) is 18.7 Å². The molecule has 1 saturated carbocycles. The lowest BCUT2D eigenvalue weighted by Gasteiger charge is -2.28. The Kier molecular flexibility index (Phi) is 6.92. The fourth-order valence-corrected chi connectivity index (χ4v) is 4.00. The monoisotopic (exact) mass is 410 g/mol. The van der Waals surface area contributed by atoms with Crippen LogP contribution in [0.3, 0.4) is 0 Å². The van der Waals surface area contributed by atoms with E-state index in [1.807, 2.05) is 25.1 Å². The van der Waals surface area contributed by atoms with Gasteiger partial charge < -0.3 is 10.6 Å². The molecule has 2 aromatic rings. The normalized spacial score (nSPS) is 18.9. The standard InChI is InChI=1S/C23H27FN4O2/c1-14-6-4-9-18(20(14)12-25-3)19-11-22(26-13-21(19)24)28-23(30)16-7-5-8-17(10-16)27-15(2)29/h4,6,9,11-13,16-17H,5,7-8,10H2,1-3H3,(H,27,29)(H,26,28,30)/b25-12-/t16-,17+/m0/s1. The Morgan fingerprint density at radius 3 is 2.80 bits per heavy atom. The van der Waals surface area contributed by atoms with Gasteiger partial charge in [0.15, 0.2) is 0 Å². The van der Waals surface area contributed by atoms with E-state index in [9.17, 15) is 14.0 Å². The van der Waals surface area contributed by atoms with Crippen molar-refractivity contribution in [1.29, 1.82) is 0 Å². The summed E-state index contributed by atoms with van der Waals surface area (Å²) in [5, 5.41) is 5.72.